The largest absolute Gasteiger partial charge is 0.394 e. The van der Waals surface area contributed by atoms with E-state index in [1.165, 1.54) is 0 Å². The molecule has 0 aliphatic carbocycles. The third-order valence-electron chi connectivity index (χ3n) is 3.57. The minimum atomic E-state index is -0.534. The number of benzene rings is 1. The van der Waals surface area contributed by atoms with E-state index >= 15 is 0 Å². The molecule has 0 saturated heterocycles. The third kappa shape index (κ3) is 5.31. The lowest BCUT2D eigenvalue weighted by Gasteiger charge is -2.24. The molecule has 1 aromatic carbocycles. The van der Waals surface area contributed by atoms with Crippen molar-refractivity contribution in [2.75, 3.05) is 6.61 Å². The fourth-order valence-electron chi connectivity index (χ4n) is 1.82. The Hall–Kier alpha value is -1.39. The molecule has 0 saturated carbocycles. The van der Waals surface area contributed by atoms with Gasteiger partial charge in [-0.05, 0) is 18.4 Å². The summed E-state index contributed by atoms with van der Waals surface area (Å²) in [6.07, 6.45) is 0.374. The first-order chi connectivity index (χ1) is 9.58. The Kier molecular flexibility index (Phi) is 7.26. The molecule has 0 spiro atoms. The van der Waals surface area contributed by atoms with E-state index in [0.29, 0.717) is 6.61 Å². The summed E-state index contributed by atoms with van der Waals surface area (Å²) >= 11 is 0. The van der Waals surface area contributed by atoms with Crippen LogP contribution in [0.15, 0.2) is 30.3 Å². The number of rotatable bonds is 8. The molecule has 0 radical (unpaired) electrons. The van der Waals surface area contributed by atoms with Gasteiger partial charge in [-0.25, -0.2) is 0 Å². The highest BCUT2D eigenvalue weighted by Gasteiger charge is 2.21. The van der Waals surface area contributed by atoms with Crippen molar-refractivity contribution in [2.24, 2.45) is 5.92 Å². The average Bonchev–Trinajstić information content (AvgIpc) is 2.50. The lowest BCUT2D eigenvalue weighted by atomic mass is 10.00. The molecule has 0 heterocycles. The number of aliphatic hydroxyl groups is 1. The summed E-state index contributed by atoms with van der Waals surface area (Å²) in [5, 5.41) is 12.2. The molecular weight excluding hydrogens is 254 g/mol. The first-order valence-corrected chi connectivity index (χ1v) is 7.15. The zero-order chi connectivity index (χ0) is 15.0. The van der Waals surface area contributed by atoms with Crippen LogP contribution in [0.1, 0.15) is 32.8 Å². The van der Waals surface area contributed by atoms with Gasteiger partial charge in [0.15, 0.2) is 0 Å². The van der Waals surface area contributed by atoms with Crippen LogP contribution < -0.4 is 5.32 Å². The Balaban J connectivity index is 2.42. The first kappa shape index (κ1) is 16.7. The number of nitrogens with one attached hydrogen (secondary N) is 1. The number of aliphatic hydroxyl groups excluding tert-OH is 1. The lowest BCUT2D eigenvalue weighted by molar-refractivity contribution is -0.134. The van der Waals surface area contributed by atoms with E-state index < -0.39 is 6.10 Å². The molecule has 20 heavy (non-hydrogen) atoms. The second-order valence-corrected chi connectivity index (χ2v) is 5.12. The number of amides is 1. The van der Waals surface area contributed by atoms with Gasteiger partial charge in [0, 0.05) is 0 Å². The molecular formula is C16H25NO3. The van der Waals surface area contributed by atoms with Crippen LogP contribution in [0.3, 0.4) is 0 Å². The lowest BCUT2D eigenvalue weighted by Crippen LogP contribution is -2.46. The molecule has 4 nitrogen and oxygen atoms in total. The molecule has 1 aromatic rings. The Morgan fingerprint density at radius 2 is 1.95 bits per heavy atom. The van der Waals surface area contributed by atoms with Crippen molar-refractivity contribution >= 4 is 5.91 Å². The van der Waals surface area contributed by atoms with E-state index in [9.17, 15) is 9.90 Å². The number of hydrogen-bond acceptors (Lipinski definition) is 3. The van der Waals surface area contributed by atoms with Crippen molar-refractivity contribution in [2.45, 2.75) is 45.9 Å². The molecule has 112 valence electrons. The Morgan fingerprint density at radius 3 is 2.50 bits per heavy atom. The van der Waals surface area contributed by atoms with E-state index in [1.54, 1.807) is 6.92 Å². The predicted octanol–water partition coefficient (Wildman–Crippen LogP) is 2.11. The summed E-state index contributed by atoms with van der Waals surface area (Å²) in [7, 11) is 0. The van der Waals surface area contributed by atoms with E-state index in [-0.39, 0.29) is 24.5 Å². The fraction of sp³-hybridized carbons (Fsp3) is 0.562. The topological polar surface area (TPSA) is 58.6 Å². The highest BCUT2D eigenvalue weighted by molar-refractivity contribution is 5.80. The Labute approximate surface area is 121 Å². The van der Waals surface area contributed by atoms with Crippen molar-refractivity contribution in [1.82, 2.24) is 5.32 Å². The summed E-state index contributed by atoms with van der Waals surface area (Å²) < 4.78 is 5.55. The van der Waals surface area contributed by atoms with Gasteiger partial charge >= 0.3 is 0 Å². The molecule has 3 atom stereocenters. The van der Waals surface area contributed by atoms with E-state index in [2.05, 4.69) is 5.32 Å². The number of carbonyl (C=O) groups is 1. The zero-order valence-corrected chi connectivity index (χ0v) is 12.5. The van der Waals surface area contributed by atoms with E-state index in [1.807, 2.05) is 44.2 Å². The van der Waals surface area contributed by atoms with Crippen molar-refractivity contribution in [3.05, 3.63) is 35.9 Å². The van der Waals surface area contributed by atoms with Crippen LogP contribution in [0.2, 0.25) is 0 Å². The van der Waals surface area contributed by atoms with Crippen molar-refractivity contribution in [3.63, 3.8) is 0 Å². The highest BCUT2D eigenvalue weighted by atomic mass is 16.5. The van der Waals surface area contributed by atoms with Gasteiger partial charge in [-0.15, -0.1) is 0 Å². The summed E-state index contributed by atoms with van der Waals surface area (Å²) in [5.41, 5.74) is 1.03. The second kappa shape index (κ2) is 8.72. The fourth-order valence-corrected chi connectivity index (χ4v) is 1.82. The van der Waals surface area contributed by atoms with Gasteiger partial charge in [-0.3, -0.25) is 4.79 Å². The zero-order valence-electron chi connectivity index (χ0n) is 12.5. The standard InChI is InChI=1S/C16H25NO3/c1-4-12(2)15(10-18)17-16(19)13(3)20-11-14-8-6-5-7-9-14/h5-9,12-13,15,18H,4,10-11H2,1-3H3,(H,17,19)/t12?,13-,15?/m1/s1. The SMILES string of the molecule is CCC(C)C(CO)NC(=O)[C@@H](C)OCc1ccccc1. The van der Waals surface area contributed by atoms with E-state index in [0.717, 1.165) is 12.0 Å². The third-order valence-corrected chi connectivity index (χ3v) is 3.57. The molecule has 0 aliphatic heterocycles. The summed E-state index contributed by atoms with van der Waals surface area (Å²) in [6, 6.07) is 9.52. The van der Waals surface area contributed by atoms with Gasteiger partial charge in [-0.2, -0.15) is 0 Å². The monoisotopic (exact) mass is 279 g/mol. The molecule has 2 N–H and O–H groups in total. The number of carbonyl (C=O) groups excluding carboxylic acids is 1. The van der Waals surface area contributed by atoms with Crippen LogP contribution in [0.25, 0.3) is 0 Å². The van der Waals surface area contributed by atoms with Gasteiger partial charge in [0.1, 0.15) is 6.10 Å². The van der Waals surface area contributed by atoms with Crippen LogP contribution in [0.5, 0.6) is 0 Å². The number of hydrogen-bond donors (Lipinski definition) is 2. The van der Waals surface area contributed by atoms with Crippen molar-refractivity contribution < 1.29 is 14.6 Å². The van der Waals surface area contributed by atoms with Crippen LogP contribution in [0, 0.1) is 5.92 Å². The molecule has 0 aliphatic rings. The van der Waals surface area contributed by atoms with Crippen LogP contribution >= 0.6 is 0 Å². The Morgan fingerprint density at radius 1 is 1.30 bits per heavy atom. The smallest absolute Gasteiger partial charge is 0.249 e. The summed E-state index contributed by atoms with van der Waals surface area (Å²) in [4.78, 5) is 12.0. The second-order valence-electron chi connectivity index (χ2n) is 5.12. The molecule has 2 unspecified atom stereocenters. The van der Waals surface area contributed by atoms with E-state index in [4.69, 9.17) is 4.74 Å². The van der Waals surface area contributed by atoms with Gasteiger partial charge < -0.3 is 15.2 Å². The maximum Gasteiger partial charge on any atom is 0.249 e. The molecule has 0 aromatic heterocycles. The Bertz CT molecular complexity index is 394. The van der Waals surface area contributed by atoms with Crippen LogP contribution in [-0.2, 0) is 16.1 Å². The minimum absolute atomic E-state index is 0.0495. The maximum atomic E-state index is 12.0. The van der Waals surface area contributed by atoms with Gasteiger partial charge in [0.05, 0.1) is 19.3 Å². The summed E-state index contributed by atoms with van der Waals surface area (Å²) in [6.45, 7) is 6.13. The highest BCUT2D eigenvalue weighted by Crippen LogP contribution is 2.08. The van der Waals surface area contributed by atoms with Gasteiger partial charge in [0.2, 0.25) is 5.91 Å². The predicted molar refractivity (Wildman–Crippen MR) is 79.2 cm³/mol. The molecule has 0 bridgehead atoms. The van der Waals surface area contributed by atoms with Crippen molar-refractivity contribution in [3.8, 4) is 0 Å². The number of ether oxygens (including phenoxy) is 1. The normalized spacial score (nSPS) is 15.4. The molecule has 4 heteroatoms. The van der Waals surface area contributed by atoms with Crippen molar-refractivity contribution in [1.29, 1.82) is 0 Å². The summed E-state index contributed by atoms with van der Waals surface area (Å²) in [5.74, 6) is 0.0607. The first-order valence-electron chi connectivity index (χ1n) is 7.15. The van der Waals surface area contributed by atoms with Crippen LogP contribution in [-0.4, -0.2) is 29.8 Å². The van der Waals surface area contributed by atoms with Gasteiger partial charge in [-0.1, -0.05) is 50.6 Å². The molecule has 1 rings (SSSR count). The average molecular weight is 279 g/mol. The molecule has 1 amide bonds. The minimum Gasteiger partial charge on any atom is -0.394 e. The van der Waals surface area contributed by atoms with Crippen LogP contribution in [0.4, 0.5) is 0 Å². The maximum absolute atomic E-state index is 12.0. The molecule has 0 fully saturated rings. The van der Waals surface area contributed by atoms with Gasteiger partial charge in [0.25, 0.3) is 0 Å². The quantitative estimate of drug-likeness (QED) is 0.766.